The van der Waals surface area contributed by atoms with Gasteiger partial charge in [0, 0.05) is 25.5 Å². The highest BCUT2D eigenvalue weighted by molar-refractivity contribution is 6.31. The molecule has 27 heavy (non-hydrogen) atoms. The number of amides is 1. The largest absolute Gasteiger partial charge is 0.417 e. The van der Waals surface area contributed by atoms with Gasteiger partial charge in [-0.3, -0.25) is 14.4 Å². The third-order valence-corrected chi connectivity index (χ3v) is 4.95. The quantitative estimate of drug-likeness (QED) is 0.846. The molecule has 1 saturated heterocycles. The first-order chi connectivity index (χ1) is 12.7. The van der Waals surface area contributed by atoms with Crippen molar-refractivity contribution in [1.82, 2.24) is 14.7 Å². The Balaban J connectivity index is 1.61. The zero-order chi connectivity index (χ0) is 19.6. The highest BCUT2D eigenvalue weighted by Gasteiger charge is 2.33. The molecule has 1 unspecified atom stereocenters. The summed E-state index contributed by atoms with van der Waals surface area (Å²) in [5, 5.41) is 6.32. The number of benzene rings is 1. The van der Waals surface area contributed by atoms with E-state index >= 15 is 0 Å². The second-order valence-corrected chi connectivity index (χ2v) is 7.17. The van der Waals surface area contributed by atoms with Crippen LogP contribution in [0.1, 0.15) is 29.9 Å². The summed E-state index contributed by atoms with van der Waals surface area (Å²) < 4.78 is 40.5. The maximum atomic E-state index is 12.9. The molecular formula is C18H20ClF3N4O. The van der Waals surface area contributed by atoms with Gasteiger partial charge in [-0.1, -0.05) is 11.6 Å². The fraction of sp³-hybridized carbons (Fsp3) is 0.444. The van der Waals surface area contributed by atoms with E-state index in [9.17, 15) is 18.0 Å². The number of rotatable bonds is 4. The van der Waals surface area contributed by atoms with E-state index in [2.05, 4.69) is 10.4 Å². The number of likely N-dealkylation sites (tertiary alicyclic amines) is 1. The van der Waals surface area contributed by atoms with E-state index < -0.39 is 16.8 Å². The van der Waals surface area contributed by atoms with Gasteiger partial charge in [-0.15, -0.1) is 0 Å². The molecule has 1 aliphatic rings. The van der Waals surface area contributed by atoms with Gasteiger partial charge in [0.25, 0.3) is 0 Å². The molecule has 1 atom stereocenters. The lowest BCUT2D eigenvalue weighted by atomic mass is 9.93. The molecule has 0 aliphatic carbocycles. The van der Waals surface area contributed by atoms with Gasteiger partial charge in [0.05, 0.1) is 23.3 Å². The van der Waals surface area contributed by atoms with E-state index in [-0.39, 0.29) is 18.1 Å². The highest BCUT2D eigenvalue weighted by Crippen LogP contribution is 2.36. The summed E-state index contributed by atoms with van der Waals surface area (Å²) in [5.41, 5.74) is 0.254. The molecule has 1 aromatic heterocycles. The molecule has 1 aromatic carbocycles. The summed E-state index contributed by atoms with van der Waals surface area (Å²) in [7, 11) is 1.86. The van der Waals surface area contributed by atoms with Crippen molar-refractivity contribution in [2.24, 2.45) is 7.05 Å². The molecule has 2 aromatic rings. The Morgan fingerprint density at radius 2 is 2.19 bits per heavy atom. The molecule has 2 heterocycles. The second kappa shape index (κ2) is 7.90. The number of anilines is 1. The van der Waals surface area contributed by atoms with Crippen LogP contribution in [-0.2, 0) is 18.0 Å². The van der Waals surface area contributed by atoms with Gasteiger partial charge >= 0.3 is 6.18 Å². The summed E-state index contributed by atoms with van der Waals surface area (Å²) in [6, 6.07) is 3.36. The van der Waals surface area contributed by atoms with Gasteiger partial charge < -0.3 is 5.32 Å². The van der Waals surface area contributed by atoms with Crippen molar-refractivity contribution in [3.05, 3.63) is 46.7 Å². The number of halogens is 4. The molecule has 0 spiro atoms. The van der Waals surface area contributed by atoms with E-state index in [1.165, 1.54) is 6.07 Å². The number of nitrogens with zero attached hydrogens (tertiary/aromatic N) is 3. The number of carbonyl (C=O) groups excluding carboxylic acids is 1. The number of alkyl halides is 3. The Bertz CT molecular complexity index is 821. The third kappa shape index (κ3) is 5.01. The molecule has 3 rings (SSSR count). The summed E-state index contributed by atoms with van der Waals surface area (Å²) >= 11 is 5.60. The first kappa shape index (κ1) is 19.7. The van der Waals surface area contributed by atoms with Crippen LogP contribution in [0.4, 0.5) is 18.9 Å². The van der Waals surface area contributed by atoms with Crippen LogP contribution in [-0.4, -0.2) is 40.2 Å². The van der Waals surface area contributed by atoms with E-state index in [0.717, 1.165) is 37.1 Å². The van der Waals surface area contributed by atoms with Crippen molar-refractivity contribution in [3.8, 4) is 0 Å². The smallest absolute Gasteiger partial charge is 0.325 e. The fourth-order valence-corrected chi connectivity index (χ4v) is 3.57. The summed E-state index contributed by atoms with van der Waals surface area (Å²) in [6.07, 6.45) is 1.21. The number of nitrogens with one attached hydrogen (secondary N) is 1. The highest BCUT2D eigenvalue weighted by atomic mass is 35.5. The zero-order valence-corrected chi connectivity index (χ0v) is 15.5. The average Bonchev–Trinajstić information content (AvgIpc) is 3.02. The number of piperidine rings is 1. The SMILES string of the molecule is Cn1cc(C2CCCN(CC(=O)Nc3ccc(Cl)c(C(F)(F)F)c3)C2)cn1. The molecule has 1 N–H and O–H groups in total. The van der Waals surface area contributed by atoms with Crippen LogP contribution in [0, 0.1) is 0 Å². The first-order valence-electron chi connectivity index (χ1n) is 8.60. The van der Waals surface area contributed by atoms with Gasteiger partial charge in [0.1, 0.15) is 0 Å². The monoisotopic (exact) mass is 400 g/mol. The van der Waals surface area contributed by atoms with Gasteiger partial charge in [-0.05, 0) is 49.1 Å². The molecular weight excluding hydrogens is 381 g/mol. The minimum absolute atomic E-state index is 0.0811. The Hall–Kier alpha value is -2.06. The number of carbonyl (C=O) groups is 1. The van der Waals surface area contributed by atoms with Crippen LogP contribution in [0.15, 0.2) is 30.6 Å². The molecule has 1 fully saturated rings. The van der Waals surface area contributed by atoms with Gasteiger partial charge in [-0.25, -0.2) is 0 Å². The van der Waals surface area contributed by atoms with Crippen LogP contribution in [0.5, 0.6) is 0 Å². The summed E-state index contributed by atoms with van der Waals surface area (Å²) in [4.78, 5) is 14.3. The van der Waals surface area contributed by atoms with E-state index in [1.807, 2.05) is 24.3 Å². The van der Waals surface area contributed by atoms with Crippen molar-refractivity contribution < 1.29 is 18.0 Å². The molecule has 0 radical (unpaired) electrons. The van der Waals surface area contributed by atoms with E-state index in [1.54, 1.807) is 4.68 Å². The number of aryl methyl sites for hydroxylation is 1. The predicted molar refractivity (Wildman–Crippen MR) is 96.7 cm³/mol. The lowest BCUT2D eigenvalue weighted by molar-refractivity contribution is -0.137. The molecule has 0 saturated carbocycles. The minimum Gasteiger partial charge on any atom is -0.325 e. The summed E-state index contributed by atoms with van der Waals surface area (Å²) in [6.45, 7) is 1.62. The Morgan fingerprint density at radius 3 is 2.85 bits per heavy atom. The minimum atomic E-state index is -4.57. The molecule has 0 bridgehead atoms. The number of hydrogen-bond acceptors (Lipinski definition) is 3. The maximum Gasteiger partial charge on any atom is 0.417 e. The topological polar surface area (TPSA) is 50.2 Å². The first-order valence-corrected chi connectivity index (χ1v) is 8.97. The molecule has 146 valence electrons. The number of aromatic nitrogens is 2. The van der Waals surface area contributed by atoms with Crippen molar-refractivity contribution in [2.45, 2.75) is 24.9 Å². The van der Waals surface area contributed by atoms with E-state index in [0.29, 0.717) is 12.5 Å². The lowest BCUT2D eigenvalue weighted by Gasteiger charge is -2.31. The van der Waals surface area contributed by atoms with Crippen molar-refractivity contribution in [3.63, 3.8) is 0 Å². The zero-order valence-electron chi connectivity index (χ0n) is 14.8. The summed E-state index contributed by atoms with van der Waals surface area (Å²) in [5.74, 6) is -0.0510. The Kier molecular flexibility index (Phi) is 5.76. The van der Waals surface area contributed by atoms with Crippen LogP contribution < -0.4 is 5.32 Å². The van der Waals surface area contributed by atoms with Crippen LogP contribution >= 0.6 is 11.6 Å². The standard InChI is InChI=1S/C18H20ClF3N4O/c1-25-9-13(8-23-25)12-3-2-6-26(10-12)11-17(27)24-14-4-5-16(19)15(7-14)18(20,21)22/h4-5,7-9,12H,2-3,6,10-11H2,1H3,(H,24,27). The van der Waals surface area contributed by atoms with Gasteiger partial charge in [0.15, 0.2) is 0 Å². The Labute approximate surface area is 160 Å². The predicted octanol–water partition coefficient (Wildman–Crippen LogP) is 3.91. The van der Waals surface area contributed by atoms with Crippen LogP contribution in [0.2, 0.25) is 5.02 Å². The average molecular weight is 401 g/mol. The third-order valence-electron chi connectivity index (χ3n) is 4.62. The van der Waals surface area contributed by atoms with E-state index in [4.69, 9.17) is 11.6 Å². The molecule has 1 amide bonds. The molecule has 1 aliphatic heterocycles. The van der Waals surface area contributed by atoms with Gasteiger partial charge in [0.2, 0.25) is 5.91 Å². The normalized spacial score (nSPS) is 18.5. The van der Waals surface area contributed by atoms with Gasteiger partial charge in [-0.2, -0.15) is 18.3 Å². The number of hydrogen-bond donors (Lipinski definition) is 1. The van der Waals surface area contributed by atoms with Crippen molar-refractivity contribution in [1.29, 1.82) is 0 Å². The molecule has 9 heteroatoms. The Morgan fingerprint density at radius 1 is 1.41 bits per heavy atom. The van der Waals surface area contributed by atoms with Crippen LogP contribution in [0.3, 0.4) is 0 Å². The van der Waals surface area contributed by atoms with Crippen molar-refractivity contribution in [2.75, 3.05) is 25.0 Å². The fourth-order valence-electron chi connectivity index (χ4n) is 3.35. The maximum absolute atomic E-state index is 12.9. The lowest BCUT2D eigenvalue weighted by Crippen LogP contribution is -2.39. The van der Waals surface area contributed by atoms with Crippen LogP contribution in [0.25, 0.3) is 0 Å². The second-order valence-electron chi connectivity index (χ2n) is 6.76. The van der Waals surface area contributed by atoms with Crippen molar-refractivity contribution >= 4 is 23.2 Å². The molecule has 5 nitrogen and oxygen atoms in total.